The number of halogens is 1. The number of ether oxygens (including phenoxy) is 1. The van der Waals surface area contributed by atoms with Gasteiger partial charge in [0, 0.05) is 5.56 Å². The fraction of sp³-hybridized carbons (Fsp3) is 0.188. The zero-order chi connectivity index (χ0) is 14.5. The Morgan fingerprint density at radius 2 is 1.95 bits per heavy atom. The number of rotatable bonds is 4. The maximum absolute atomic E-state index is 13.6. The summed E-state index contributed by atoms with van der Waals surface area (Å²) in [5.41, 5.74) is 6.44. The summed E-state index contributed by atoms with van der Waals surface area (Å²) in [6.45, 7) is 3.83. The smallest absolute Gasteiger partial charge is 0.165 e. The van der Waals surface area contributed by atoms with E-state index in [1.165, 1.54) is 13.2 Å². The molecule has 3 nitrogen and oxygen atoms in total. The molecule has 0 aromatic heterocycles. The second-order valence-corrected chi connectivity index (χ2v) is 4.47. The minimum absolute atomic E-state index is 0.230. The minimum atomic E-state index is -0.393. The summed E-state index contributed by atoms with van der Waals surface area (Å²) in [7, 11) is 1.44. The number of nitrogens with zero attached hydrogens (tertiary/aromatic N) is 1. The fourth-order valence-electron chi connectivity index (χ4n) is 1.80. The van der Waals surface area contributed by atoms with Crippen LogP contribution in [0.2, 0.25) is 0 Å². The predicted octanol–water partition coefficient (Wildman–Crippen LogP) is 3.98. The van der Waals surface area contributed by atoms with Crippen molar-refractivity contribution < 1.29 is 9.13 Å². The lowest BCUT2D eigenvalue weighted by molar-refractivity contribution is 0.386. The van der Waals surface area contributed by atoms with E-state index in [-0.39, 0.29) is 5.75 Å². The average molecular weight is 272 g/mol. The maximum Gasteiger partial charge on any atom is 0.165 e. The van der Waals surface area contributed by atoms with Crippen molar-refractivity contribution in [3.8, 4) is 5.75 Å². The molecule has 104 valence electrons. The van der Waals surface area contributed by atoms with Crippen molar-refractivity contribution in [3.05, 3.63) is 59.4 Å². The molecule has 20 heavy (non-hydrogen) atoms. The molecular weight excluding hydrogens is 255 g/mol. The van der Waals surface area contributed by atoms with Gasteiger partial charge in [-0.2, -0.15) is 5.10 Å². The van der Waals surface area contributed by atoms with Gasteiger partial charge in [0.2, 0.25) is 0 Å². The number of anilines is 1. The number of aryl methyl sites for hydroxylation is 1. The average Bonchev–Trinajstić information content (AvgIpc) is 2.46. The van der Waals surface area contributed by atoms with Gasteiger partial charge in [-0.3, -0.25) is 5.43 Å². The summed E-state index contributed by atoms with van der Waals surface area (Å²) in [5.74, 6) is -0.163. The molecule has 0 bridgehead atoms. The summed E-state index contributed by atoms with van der Waals surface area (Å²) in [6, 6.07) is 12.6. The van der Waals surface area contributed by atoms with Gasteiger partial charge in [-0.1, -0.05) is 18.2 Å². The van der Waals surface area contributed by atoms with Gasteiger partial charge in [0.1, 0.15) is 0 Å². The minimum Gasteiger partial charge on any atom is -0.494 e. The Kier molecular flexibility index (Phi) is 4.35. The summed E-state index contributed by atoms with van der Waals surface area (Å²) >= 11 is 0. The summed E-state index contributed by atoms with van der Waals surface area (Å²) in [6.07, 6.45) is 0. The van der Waals surface area contributed by atoms with Crippen LogP contribution in [0.4, 0.5) is 10.1 Å². The monoisotopic (exact) mass is 272 g/mol. The maximum atomic E-state index is 13.6. The van der Waals surface area contributed by atoms with Gasteiger partial charge in [0.25, 0.3) is 0 Å². The Morgan fingerprint density at radius 3 is 2.60 bits per heavy atom. The molecule has 0 saturated heterocycles. The molecule has 0 saturated carbocycles. The van der Waals surface area contributed by atoms with Gasteiger partial charge in [0.05, 0.1) is 18.5 Å². The van der Waals surface area contributed by atoms with E-state index in [0.29, 0.717) is 11.3 Å². The van der Waals surface area contributed by atoms with E-state index >= 15 is 0 Å². The number of hydrogen-bond acceptors (Lipinski definition) is 3. The van der Waals surface area contributed by atoms with E-state index in [0.717, 1.165) is 11.3 Å². The Balaban J connectivity index is 2.19. The third kappa shape index (κ3) is 3.15. The fourth-order valence-corrected chi connectivity index (χ4v) is 1.80. The highest BCUT2D eigenvalue weighted by molar-refractivity contribution is 5.99. The van der Waals surface area contributed by atoms with E-state index in [4.69, 9.17) is 4.74 Å². The zero-order valence-corrected chi connectivity index (χ0v) is 11.8. The summed E-state index contributed by atoms with van der Waals surface area (Å²) in [5, 5.41) is 4.28. The molecule has 0 aliphatic heterocycles. The Morgan fingerprint density at radius 1 is 1.20 bits per heavy atom. The van der Waals surface area contributed by atoms with Gasteiger partial charge >= 0.3 is 0 Å². The second kappa shape index (κ2) is 6.19. The standard InChI is InChI=1S/C16H17FN2O/c1-11-6-4-5-7-15(11)19-18-12(2)13-8-9-16(20-3)14(17)10-13/h4-10,19H,1-3H3/b18-12-. The lowest BCUT2D eigenvalue weighted by Gasteiger charge is -2.07. The van der Waals surface area contributed by atoms with Crippen molar-refractivity contribution in [2.24, 2.45) is 5.10 Å². The molecule has 2 aromatic carbocycles. The van der Waals surface area contributed by atoms with Crippen LogP contribution in [-0.4, -0.2) is 12.8 Å². The highest BCUT2D eigenvalue weighted by atomic mass is 19.1. The van der Waals surface area contributed by atoms with Gasteiger partial charge in [0.15, 0.2) is 11.6 Å². The van der Waals surface area contributed by atoms with Crippen LogP contribution in [0.25, 0.3) is 0 Å². The molecule has 0 unspecified atom stereocenters. The molecule has 0 heterocycles. The first-order valence-electron chi connectivity index (χ1n) is 6.31. The normalized spacial score (nSPS) is 11.3. The van der Waals surface area contributed by atoms with Crippen LogP contribution in [-0.2, 0) is 0 Å². The van der Waals surface area contributed by atoms with Crippen LogP contribution in [0.3, 0.4) is 0 Å². The number of benzene rings is 2. The van der Waals surface area contributed by atoms with E-state index < -0.39 is 5.82 Å². The topological polar surface area (TPSA) is 33.6 Å². The van der Waals surface area contributed by atoms with Crippen molar-refractivity contribution in [1.82, 2.24) is 0 Å². The van der Waals surface area contributed by atoms with E-state index in [9.17, 15) is 4.39 Å². The Labute approximate surface area is 118 Å². The number of hydrazone groups is 1. The van der Waals surface area contributed by atoms with E-state index in [1.54, 1.807) is 12.1 Å². The van der Waals surface area contributed by atoms with Crippen molar-refractivity contribution in [1.29, 1.82) is 0 Å². The van der Waals surface area contributed by atoms with Crippen LogP contribution in [0, 0.1) is 12.7 Å². The highest BCUT2D eigenvalue weighted by Gasteiger charge is 2.05. The molecule has 1 N–H and O–H groups in total. The highest BCUT2D eigenvalue weighted by Crippen LogP contribution is 2.18. The molecule has 0 fully saturated rings. The lowest BCUT2D eigenvalue weighted by Crippen LogP contribution is -2.01. The molecule has 0 aliphatic rings. The molecule has 4 heteroatoms. The van der Waals surface area contributed by atoms with Crippen molar-refractivity contribution in [2.75, 3.05) is 12.5 Å². The number of nitrogens with one attached hydrogen (secondary N) is 1. The molecule has 2 aromatic rings. The van der Waals surface area contributed by atoms with Crippen LogP contribution < -0.4 is 10.2 Å². The number of methoxy groups -OCH3 is 1. The van der Waals surface area contributed by atoms with Crippen LogP contribution in [0.1, 0.15) is 18.1 Å². The van der Waals surface area contributed by atoms with Gasteiger partial charge in [-0.05, 0) is 43.7 Å². The zero-order valence-electron chi connectivity index (χ0n) is 11.8. The van der Waals surface area contributed by atoms with Gasteiger partial charge in [-0.25, -0.2) is 4.39 Å². The van der Waals surface area contributed by atoms with Crippen molar-refractivity contribution >= 4 is 11.4 Å². The third-order valence-electron chi connectivity index (χ3n) is 3.06. The molecule has 0 spiro atoms. The van der Waals surface area contributed by atoms with Crippen LogP contribution in [0.5, 0.6) is 5.75 Å². The molecule has 0 radical (unpaired) electrons. The van der Waals surface area contributed by atoms with E-state index in [1.807, 2.05) is 38.1 Å². The molecule has 0 amide bonds. The van der Waals surface area contributed by atoms with Gasteiger partial charge in [-0.15, -0.1) is 0 Å². The Hall–Kier alpha value is -2.36. The first-order chi connectivity index (χ1) is 9.61. The van der Waals surface area contributed by atoms with Gasteiger partial charge < -0.3 is 4.74 Å². The van der Waals surface area contributed by atoms with Crippen molar-refractivity contribution in [2.45, 2.75) is 13.8 Å². The Bertz CT molecular complexity index is 638. The molecule has 2 rings (SSSR count). The number of para-hydroxylation sites is 1. The number of hydrogen-bond donors (Lipinski definition) is 1. The van der Waals surface area contributed by atoms with Crippen LogP contribution >= 0.6 is 0 Å². The third-order valence-corrected chi connectivity index (χ3v) is 3.06. The first-order valence-corrected chi connectivity index (χ1v) is 6.31. The summed E-state index contributed by atoms with van der Waals surface area (Å²) < 4.78 is 18.5. The lowest BCUT2D eigenvalue weighted by atomic mass is 10.1. The first kappa shape index (κ1) is 14.1. The quantitative estimate of drug-likeness (QED) is 0.674. The SMILES string of the molecule is COc1ccc(/C(C)=N\Nc2ccccc2C)cc1F. The molecule has 0 aliphatic carbocycles. The summed E-state index contributed by atoms with van der Waals surface area (Å²) in [4.78, 5) is 0. The largest absolute Gasteiger partial charge is 0.494 e. The molecular formula is C16H17FN2O. The van der Waals surface area contributed by atoms with Crippen LogP contribution in [0.15, 0.2) is 47.6 Å². The van der Waals surface area contributed by atoms with Crippen molar-refractivity contribution in [3.63, 3.8) is 0 Å². The molecule has 0 atom stereocenters. The second-order valence-electron chi connectivity index (χ2n) is 4.47. The predicted molar refractivity (Wildman–Crippen MR) is 80.0 cm³/mol. The van der Waals surface area contributed by atoms with E-state index in [2.05, 4.69) is 10.5 Å².